The summed E-state index contributed by atoms with van der Waals surface area (Å²) in [6, 6.07) is 14.1. The normalized spacial score (nSPS) is 14.7. The first-order chi connectivity index (χ1) is 17.8. The monoisotopic (exact) mass is 495 g/mol. The molecule has 37 heavy (non-hydrogen) atoms. The second-order valence-corrected chi connectivity index (χ2v) is 10.4. The summed E-state index contributed by atoms with van der Waals surface area (Å²) in [6.45, 7) is 11.1. The number of hydrogen-bond acceptors (Lipinski definition) is 9. The van der Waals surface area contributed by atoms with Crippen LogP contribution in [0.3, 0.4) is 0 Å². The van der Waals surface area contributed by atoms with Crippen molar-refractivity contribution < 1.29 is 9.15 Å². The molecular formula is C28H29N7O2. The number of nitrogens with one attached hydrogen (secondary N) is 1. The van der Waals surface area contributed by atoms with Gasteiger partial charge in [0, 0.05) is 35.8 Å². The van der Waals surface area contributed by atoms with Crippen molar-refractivity contribution in [2.24, 2.45) is 5.41 Å². The van der Waals surface area contributed by atoms with Gasteiger partial charge in [0.25, 0.3) is 5.89 Å². The molecule has 3 aromatic heterocycles. The molecule has 1 saturated heterocycles. The molecule has 9 nitrogen and oxygen atoms in total. The van der Waals surface area contributed by atoms with Crippen molar-refractivity contribution >= 4 is 0 Å². The molecule has 0 amide bonds. The molecule has 1 N–H and O–H groups in total. The van der Waals surface area contributed by atoms with E-state index >= 15 is 0 Å². The first-order valence-corrected chi connectivity index (χ1v) is 12.2. The molecule has 5 rings (SSSR count). The Hall–Kier alpha value is -4.00. The van der Waals surface area contributed by atoms with E-state index in [1.54, 1.807) is 12.4 Å². The first-order valence-electron chi connectivity index (χ1n) is 12.2. The highest BCUT2D eigenvalue weighted by atomic mass is 16.5. The van der Waals surface area contributed by atoms with Crippen LogP contribution in [0.25, 0.3) is 34.3 Å². The molecule has 0 radical (unpaired) electrons. The van der Waals surface area contributed by atoms with Crippen molar-refractivity contribution in [3.05, 3.63) is 65.7 Å². The van der Waals surface area contributed by atoms with Gasteiger partial charge in [-0.05, 0) is 50.6 Å². The lowest BCUT2D eigenvalue weighted by Gasteiger charge is -2.38. The highest BCUT2D eigenvalue weighted by molar-refractivity contribution is 5.64. The standard InChI is InChI=1S/C28H29N7O2/c1-18-24(33-22(13-32-18)21-9-10-31-23(11-21)27(2,3)14-29)26-35-34-25(37-26)20-7-5-19(6-8-20)12-30-15-28(4)16-36-17-28/h5-11,13,30H,12,15-17H2,1-4H3. The Kier molecular flexibility index (Phi) is 6.54. The molecule has 1 aliphatic rings. The molecule has 0 atom stereocenters. The van der Waals surface area contributed by atoms with Gasteiger partial charge in [0.15, 0.2) is 0 Å². The number of hydrogen-bond donors (Lipinski definition) is 1. The van der Waals surface area contributed by atoms with Gasteiger partial charge in [0.2, 0.25) is 5.89 Å². The number of ether oxygens (including phenoxy) is 1. The summed E-state index contributed by atoms with van der Waals surface area (Å²) in [4.78, 5) is 13.6. The van der Waals surface area contributed by atoms with Crippen LogP contribution in [0.2, 0.25) is 0 Å². The Morgan fingerprint density at radius 3 is 2.51 bits per heavy atom. The fourth-order valence-corrected chi connectivity index (χ4v) is 4.04. The molecule has 0 bridgehead atoms. The first kappa shape index (κ1) is 24.7. The predicted octanol–water partition coefficient (Wildman–Crippen LogP) is 4.49. The molecule has 188 valence electrons. The van der Waals surface area contributed by atoms with E-state index in [1.807, 2.05) is 45.0 Å². The topological polar surface area (TPSA) is 123 Å². The highest BCUT2D eigenvalue weighted by Crippen LogP contribution is 2.29. The molecule has 1 fully saturated rings. The van der Waals surface area contributed by atoms with Crippen LogP contribution in [-0.4, -0.2) is 44.9 Å². The molecule has 1 aromatic carbocycles. The van der Waals surface area contributed by atoms with E-state index in [1.165, 1.54) is 5.56 Å². The molecule has 9 heteroatoms. The van der Waals surface area contributed by atoms with Crippen LogP contribution in [0.5, 0.6) is 0 Å². The summed E-state index contributed by atoms with van der Waals surface area (Å²) in [7, 11) is 0. The van der Waals surface area contributed by atoms with Gasteiger partial charge in [-0.2, -0.15) is 5.26 Å². The maximum Gasteiger partial charge on any atom is 0.268 e. The number of nitrogens with zero attached hydrogens (tertiary/aromatic N) is 6. The van der Waals surface area contributed by atoms with Gasteiger partial charge in [-0.15, -0.1) is 10.2 Å². The third-order valence-electron chi connectivity index (χ3n) is 6.54. The van der Waals surface area contributed by atoms with Crippen LogP contribution in [0, 0.1) is 23.7 Å². The van der Waals surface area contributed by atoms with Gasteiger partial charge in [-0.1, -0.05) is 19.1 Å². The number of aromatic nitrogens is 5. The Morgan fingerprint density at radius 2 is 1.81 bits per heavy atom. The lowest BCUT2D eigenvalue weighted by molar-refractivity contribution is -0.0991. The van der Waals surface area contributed by atoms with E-state index in [-0.39, 0.29) is 5.41 Å². The lowest BCUT2D eigenvalue weighted by atomic mass is 9.89. The Bertz CT molecular complexity index is 1450. The van der Waals surface area contributed by atoms with Crippen LogP contribution >= 0.6 is 0 Å². The zero-order valence-electron chi connectivity index (χ0n) is 21.4. The van der Waals surface area contributed by atoms with Crippen molar-refractivity contribution in [2.45, 2.75) is 39.7 Å². The molecule has 0 saturated carbocycles. The maximum absolute atomic E-state index is 9.48. The van der Waals surface area contributed by atoms with E-state index in [2.05, 4.69) is 50.6 Å². The Labute approximate surface area is 216 Å². The van der Waals surface area contributed by atoms with Crippen LogP contribution in [0.4, 0.5) is 0 Å². The van der Waals surface area contributed by atoms with Gasteiger partial charge in [-0.25, -0.2) is 4.98 Å². The molecule has 4 aromatic rings. The third-order valence-corrected chi connectivity index (χ3v) is 6.54. The average Bonchev–Trinajstić information content (AvgIpc) is 3.38. The smallest absolute Gasteiger partial charge is 0.268 e. The van der Waals surface area contributed by atoms with E-state index in [0.717, 1.165) is 37.4 Å². The minimum Gasteiger partial charge on any atom is -0.415 e. The number of benzene rings is 1. The lowest BCUT2D eigenvalue weighted by Crippen LogP contribution is -2.47. The quantitative estimate of drug-likeness (QED) is 0.376. The Morgan fingerprint density at radius 1 is 1.05 bits per heavy atom. The Balaban J connectivity index is 1.33. The van der Waals surface area contributed by atoms with Gasteiger partial charge in [-0.3, -0.25) is 9.97 Å². The molecular weight excluding hydrogens is 466 g/mol. The van der Waals surface area contributed by atoms with E-state index in [0.29, 0.717) is 34.6 Å². The fourth-order valence-electron chi connectivity index (χ4n) is 4.04. The molecule has 0 spiro atoms. The van der Waals surface area contributed by atoms with Gasteiger partial charge in [0.1, 0.15) is 5.69 Å². The molecule has 1 aliphatic heterocycles. The molecule has 0 unspecified atom stereocenters. The van der Waals surface area contributed by atoms with Crippen molar-refractivity contribution in [1.29, 1.82) is 5.26 Å². The predicted molar refractivity (Wildman–Crippen MR) is 138 cm³/mol. The van der Waals surface area contributed by atoms with Gasteiger partial charge >= 0.3 is 0 Å². The minimum absolute atomic E-state index is 0.241. The number of aryl methyl sites for hydroxylation is 1. The number of pyridine rings is 1. The SMILES string of the molecule is Cc1ncc(-c2ccnc(C(C)(C)C#N)c2)nc1-c1nnc(-c2ccc(CNCC3(C)COC3)cc2)o1. The zero-order valence-corrected chi connectivity index (χ0v) is 21.4. The van der Waals surface area contributed by atoms with Crippen molar-refractivity contribution in [3.8, 4) is 40.4 Å². The number of rotatable bonds is 8. The van der Waals surface area contributed by atoms with E-state index in [9.17, 15) is 5.26 Å². The second kappa shape index (κ2) is 9.81. The fraction of sp³-hybridized carbons (Fsp3) is 0.357. The largest absolute Gasteiger partial charge is 0.415 e. The van der Waals surface area contributed by atoms with Gasteiger partial charge < -0.3 is 14.5 Å². The van der Waals surface area contributed by atoms with Crippen LogP contribution < -0.4 is 5.32 Å². The van der Waals surface area contributed by atoms with Crippen molar-refractivity contribution in [3.63, 3.8) is 0 Å². The van der Waals surface area contributed by atoms with E-state index in [4.69, 9.17) is 14.1 Å². The van der Waals surface area contributed by atoms with Crippen molar-refractivity contribution in [2.75, 3.05) is 19.8 Å². The van der Waals surface area contributed by atoms with Crippen LogP contribution in [-0.2, 0) is 16.7 Å². The minimum atomic E-state index is -0.715. The number of nitriles is 1. The highest BCUT2D eigenvalue weighted by Gasteiger charge is 2.32. The zero-order chi connectivity index (χ0) is 26.0. The summed E-state index contributed by atoms with van der Waals surface area (Å²) >= 11 is 0. The van der Waals surface area contributed by atoms with E-state index < -0.39 is 5.41 Å². The van der Waals surface area contributed by atoms with Crippen LogP contribution in [0.1, 0.15) is 37.7 Å². The van der Waals surface area contributed by atoms with Gasteiger partial charge in [0.05, 0.1) is 48.0 Å². The summed E-state index contributed by atoms with van der Waals surface area (Å²) in [5.74, 6) is 0.720. The van der Waals surface area contributed by atoms with Crippen molar-refractivity contribution in [1.82, 2.24) is 30.5 Å². The average molecular weight is 496 g/mol. The summed E-state index contributed by atoms with van der Waals surface area (Å²) in [5.41, 5.74) is 4.85. The second-order valence-electron chi connectivity index (χ2n) is 10.4. The molecule has 0 aliphatic carbocycles. The summed E-state index contributed by atoms with van der Waals surface area (Å²) in [5, 5.41) is 21.5. The summed E-state index contributed by atoms with van der Waals surface area (Å²) in [6.07, 6.45) is 3.37. The molecule has 4 heterocycles. The summed E-state index contributed by atoms with van der Waals surface area (Å²) < 4.78 is 11.3. The third kappa shape index (κ3) is 5.26. The van der Waals surface area contributed by atoms with Crippen LogP contribution in [0.15, 0.2) is 53.2 Å². The maximum atomic E-state index is 9.48.